The van der Waals surface area contributed by atoms with Crippen LogP contribution in [0.1, 0.15) is 44.6 Å². The van der Waals surface area contributed by atoms with E-state index < -0.39 is 42.6 Å². The molecule has 1 heterocycles. The summed E-state index contributed by atoms with van der Waals surface area (Å²) in [6.45, 7) is 10.1. The molecule has 9 heteroatoms. The van der Waals surface area contributed by atoms with E-state index in [4.69, 9.17) is 23.7 Å². The molecule has 0 unspecified atom stereocenters. The van der Waals surface area contributed by atoms with E-state index in [1.807, 2.05) is 44.2 Å². The summed E-state index contributed by atoms with van der Waals surface area (Å²) in [5, 5.41) is 0. The van der Waals surface area contributed by atoms with Crippen LogP contribution < -0.4 is 14.2 Å². The molecule has 0 radical (unpaired) electrons. The minimum absolute atomic E-state index is 0.0101. The van der Waals surface area contributed by atoms with Crippen LogP contribution in [0.2, 0.25) is 0 Å². The second-order valence-electron chi connectivity index (χ2n) is 8.39. The first-order valence-electron chi connectivity index (χ1n) is 11.5. The van der Waals surface area contributed by atoms with E-state index in [9.17, 15) is 14.4 Å². The van der Waals surface area contributed by atoms with Gasteiger partial charge in [-0.05, 0) is 24.1 Å². The highest BCUT2D eigenvalue weighted by Crippen LogP contribution is 2.31. The van der Waals surface area contributed by atoms with Crippen molar-refractivity contribution in [2.75, 3.05) is 13.9 Å². The number of hydrogen-bond acceptors (Lipinski definition) is 9. The molecule has 0 aliphatic rings. The number of carbonyl (C=O) groups excluding carboxylic acids is 3. The molecular weight excluding hydrogens is 466 g/mol. The number of nitrogens with zero attached hydrogens (tertiary/aromatic N) is 1. The minimum atomic E-state index is -0.793. The molecule has 0 bridgehead atoms. The van der Waals surface area contributed by atoms with Crippen molar-refractivity contribution >= 4 is 17.7 Å². The fraction of sp³-hybridized carbons (Fsp3) is 0.407. The fourth-order valence-electron chi connectivity index (χ4n) is 3.30. The van der Waals surface area contributed by atoms with E-state index in [1.165, 1.54) is 32.4 Å². The van der Waals surface area contributed by atoms with Gasteiger partial charge in [-0.1, -0.05) is 45.5 Å². The summed E-state index contributed by atoms with van der Waals surface area (Å²) in [5.74, 6) is -1.47. The van der Waals surface area contributed by atoms with Gasteiger partial charge in [-0.3, -0.25) is 14.4 Å². The smallest absolute Gasteiger partial charge is 0.309 e. The van der Waals surface area contributed by atoms with Gasteiger partial charge in [0, 0.05) is 25.6 Å². The number of benzene rings is 1. The van der Waals surface area contributed by atoms with Crippen molar-refractivity contribution in [2.24, 2.45) is 11.8 Å². The predicted molar refractivity (Wildman–Crippen MR) is 132 cm³/mol. The first kappa shape index (κ1) is 28.4. The first-order valence-corrected chi connectivity index (χ1v) is 11.5. The third-order valence-electron chi connectivity index (χ3n) is 5.19. The lowest BCUT2D eigenvalue weighted by molar-refractivity contribution is -0.156. The molecule has 194 valence electrons. The van der Waals surface area contributed by atoms with Gasteiger partial charge in [-0.25, -0.2) is 4.98 Å². The number of esters is 2. The van der Waals surface area contributed by atoms with Crippen LogP contribution in [-0.4, -0.2) is 48.8 Å². The molecular formula is C27H33NO8. The van der Waals surface area contributed by atoms with E-state index in [1.54, 1.807) is 6.92 Å². The number of rotatable bonds is 14. The highest BCUT2D eigenvalue weighted by atomic mass is 16.7. The molecule has 9 nitrogen and oxygen atoms in total. The number of Topliss-reactive ketones (excluding diaryl/α,β-unsaturated/α-hetero) is 1. The van der Waals surface area contributed by atoms with Crippen molar-refractivity contribution < 1.29 is 38.1 Å². The Morgan fingerprint density at radius 1 is 1.08 bits per heavy atom. The second-order valence-corrected chi connectivity index (χ2v) is 8.39. The number of para-hydroxylation sites is 1. The van der Waals surface area contributed by atoms with Gasteiger partial charge in [0.25, 0.3) is 0 Å². The van der Waals surface area contributed by atoms with Gasteiger partial charge < -0.3 is 23.7 Å². The number of hydrogen-bond donors (Lipinski definition) is 0. The Hall–Kier alpha value is -3.88. The summed E-state index contributed by atoms with van der Waals surface area (Å²) >= 11 is 0. The highest BCUT2D eigenvalue weighted by Gasteiger charge is 2.31. The molecule has 0 amide bonds. The maximum atomic E-state index is 13.0. The lowest BCUT2D eigenvalue weighted by Crippen LogP contribution is -2.39. The van der Waals surface area contributed by atoms with Crippen molar-refractivity contribution in [1.82, 2.24) is 4.98 Å². The number of ether oxygens (including phenoxy) is 5. The van der Waals surface area contributed by atoms with E-state index in [2.05, 4.69) is 11.6 Å². The maximum Gasteiger partial charge on any atom is 0.309 e. The average molecular weight is 500 g/mol. The highest BCUT2D eigenvalue weighted by molar-refractivity contribution is 5.99. The largest absolute Gasteiger partial charge is 0.493 e. The van der Waals surface area contributed by atoms with Crippen LogP contribution in [0.5, 0.6) is 17.2 Å². The Balaban J connectivity index is 2.11. The van der Waals surface area contributed by atoms with Gasteiger partial charge in [0.1, 0.15) is 11.9 Å². The molecule has 0 saturated heterocycles. The Morgan fingerprint density at radius 2 is 1.78 bits per heavy atom. The van der Waals surface area contributed by atoms with Crippen molar-refractivity contribution in [3.8, 4) is 17.2 Å². The minimum Gasteiger partial charge on any atom is -0.493 e. The summed E-state index contributed by atoms with van der Waals surface area (Å²) in [4.78, 5) is 41.1. The SMILES string of the molecule is C=C[C@H](OC(=O)[C@H](C)CC(=O)c1nccc(OC)c1OCOC(C)=O)[C@H](Oc1ccccc1)C(C)C. The zero-order valence-corrected chi connectivity index (χ0v) is 21.3. The Labute approximate surface area is 211 Å². The summed E-state index contributed by atoms with van der Waals surface area (Å²) in [6.07, 6.45) is 1.50. The Bertz CT molecular complexity index is 1040. The number of ketones is 1. The summed E-state index contributed by atoms with van der Waals surface area (Å²) in [6, 6.07) is 10.7. The molecule has 1 aromatic carbocycles. The third kappa shape index (κ3) is 8.11. The average Bonchev–Trinajstić information content (AvgIpc) is 2.86. The molecule has 36 heavy (non-hydrogen) atoms. The maximum absolute atomic E-state index is 13.0. The van der Waals surface area contributed by atoms with Crippen LogP contribution in [0.25, 0.3) is 0 Å². The molecule has 0 spiro atoms. The van der Waals surface area contributed by atoms with E-state index in [-0.39, 0.29) is 29.5 Å². The zero-order chi connectivity index (χ0) is 26.7. The lowest BCUT2D eigenvalue weighted by atomic mass is 9.99. The molecule has 0 aliphatic carbocycles. The molecule has 0 aliphatic heterocycles. The Morgan fingerprint density at radius 3 is 2.36 bits per heavy atom. The van der Waals surface area contributed by atoms with Crippen LogP contribution in [-0.2, 0) is 19.1 Å². The van der Waals surface area contributed by atoms with E-state index >= 15 is 0 Å². The lowest BCUT2D eigenvalue weighted by Gasteiger charge is -2.29. The molecule has 3 atom stereocenters. The van der Waals surface area contributed by atoms with Gasteiger partial charge in [0.2, 0.25) is 6.79 Å². The fourth-order valence-corrected chi connectivity index (χ4v) is 3.30. The standard InChI is InChI=1S/C27H33NO8/c1-7-22(25(17(2)3)35-20-11-9-8-10-12-20)36-27(31)18(4)15-21(30)24-26(34-16-33-19(5)29)23(32-6)13-14-28-24/h7-14,17-18,22,25H,1,15-16H2,2-6H3/t18-,22+,25-/m1/s1. The first-order chi connectivity index (χ1) is 17.2. The van der Waals surface area contributed by atoms with Gasteiger partial charge >= 0.3 is 11.9 Å². The van der Waals surface area contributed by atoms with Gasteiger partial charge in [-0.2, -0.15) is 0 Å². The van der Waals surface area contributed by atoms with Gasteiger partial charge in [-0.15, -0.1) is 0 Å². The number of methoxy groups -OCH3 is 1. The predicted octanol–water partition coefficient (Wildman–Crippen LogP) is 4.40. The van der Waals surface area contributed by atoms with Crippen LogP contribution >= 0.6 is 0 Å². The Kier molecular flexibility index (Phi) is 10.9. The van der Waals surface area contributed by atoms with Gasteiger partial charge in [0.05, 0.1) is 13.0 Å². The monoisotopic (exact) mass is 499 g/mol. The van der Waals surface area contributed by atoms with Crippen molar-refractivity contribution in [2.45, 2.75) is 46.3 Å². The summed E-state index contributed by atoms with van der Waals surface area (Å²) in [5.41, 5.74) is -0.0473. The van der Waals surface area contributed by atoms with Crippen LogP contribution in [0.15, 0.2) is 55.3 Å². The van der Waals surface area contributed by atoms with Crippen LogP contribution in [0, 0.1) is 11.8 Å². The van der Waals surface area contributed by atoms with Crippen molar-refractivity contribution in [3.63, 3.8) is 0 Å². The zero-order valence-electron chi connectivity index (χ0n) is 21.3. The second kappa shape index (κ2) is 13.9. The third-order valence-corrected chi connectivity index (χ3v) is 5.19. The number of pyridine rings is 1. The van der Waals surface area contributed by atoms with E-state index in [0.29, 0.717) is 5.75 Å². The molecule has 0 saturated carbocycles. The number of aromatic nitrogens is 1. The molecule has 0 fully saturated rings. The summed E-state index contributed by atoms with van der Waals surface area (Å²) in [7, 11) is 1.40. The number of carbonyl (C=O) groups is 3. The molecule has 2 aromatic rings. The normalized spacial score (nSPS) is 13.2. The quantitative estimate of drug-likeness (QED) is 0.162. The summed E-state index contributed by atoms with van der Waals surface area (Å²) < 4.78 is 27.2. The van der Waals surface area contributed by atoms with Crippen LogP contribution in [0.3, 0.4) is 0 Å². The van der Waals surface area contributed by atoms with Crippen molar-refractivity contribution in [3.05, 3.63) is 60.9 Å². The van der Waals surface area contributed by atoms with Crippen LogP contribution in [0.4, 0.5) is 0 Å². The molecule has 1 aromatic heterocycles. The van der Waals surface area contributed by atoms with Crippen molar-refractivity contribution in [1.29, 1.82) is 0 Å². The molecule has 2 rings (SSSR count). The van der Waals surface area contributed by atoms with E-state index in [0.717, 1.165) is 0 Å². The van der Waals surface area contributed by atoms with Gasteiger partial charge in [0.15, 0.2) is 29.1 Å². The topological polar surface area (TPSA) is 110 Å². The molecule has 0 N–H and O–H groups in total.